The minimum atomic E-state index is -0.405. The summed E-state index contributed by atoms with van der Waals surface area (Å²) in [6.45, 7) is -0.185. The number of thioether (sulfide) groups is 1. The number of thiophene rings is 1. The highest BCUT2D eigenvalue weighted by Crippen LogP contribution is 2.33. The van der Waals surface area contributed by atoms with Crippen LogP contribution < -0.4 is 5.32 Å². The van der Waals surface area contributed by atoms with Crippen LogP contribution >= 0.6 is 58.5 Å². The zero-order chi connectivity index (χ0) is 18.0. The summed E-state index contributed by atoms with van der Waals surface area (Å²) >= 11 is 19.9. The molecular weight excluding hydrogens is 419 g/mol. The lowest BCUT2D eigenvalue weighted by Gasteiger charge is -2.15. The quantitative estimate of drug-likeness (QED) is 0.555. The number of anilines is 1. The summed E-state index contributed by atoms with van der Waals surface area (Å²) in [5, 5.41) is 5.16. The summed E-state index contributed by atoms with van der Waals surface area (Å²) < 4.78 is 0.347. The van der Waals surface area contributed by atoms with Crippen molar-refractivity contribution in [3.63, 3.8) is 0 Å². The largest absolute Gasteiger partial charge is 0.323 e. The molecule has 1 fully saturated rings. The minimum absolute atomic E-state index is 0.185. The lowest BCUT2D eigenvalue weighted by molar-refractivity contribution is -0.126. The zero-order valence-corrected chi connectivity index (χ0v) is 16.5. The van der Waals surface area contributed by atoms with Gasteiger partial charge in [0.25, 0.3) is 5.91 Å². The van der Waals surface area contributed by atoms with E-state index in [0.717, 1.165) is 4.88 Å². The Hall–Kier alpha value is -1.38. The molecule has 1 aliphatic heterocycles. The number of nitrogens with one attached hydrogen (secondary N) is 1. The van der Waals surface area contributed by atoms with Crippen molar-refractivity contribution in [3.8, 4) is 0 Å². The van der Waals surface area contributed by atoms with Crippen LogP contribution in [-0.4, -0.2) is 27.6 Å². The van der Waals surface area contributed by atoms with Gasteiger partial charge >= 0.3 is 0 Å². The molecule has 1 aliphatic rings. The number of carbonyl (C=O) groups is 2. The molecule has 1 saturated heterocycles. The summed E-state index contributed by atoms with van der Waals surface area (Å²) in [6, 6.07) is 8.74. The summed E-state index contributed by atoms with van der Waals surface area (Å²) in [7, 11) is 0. The van der Waals surface area contributed by atoms with Crippen LogP contribution in [0.2, 0.25) is 10.0 Å². The number of carbonyl (C=O) groups excluding carboxylic acids is 2. The number of amides is 2. The molecule has 0 aliphatic carbocycles. The molecule has 0 spiro atoms. The second-order valence-electron chi connectivity index (χ2n) is 4.93. The van der Waals surface area contributed by atoms with Gasteiger partial charge in [0.2, 0.25) is 5.91 Å². The molecule has 128 valence electrons. The van der Waals surface area contributed by atoms with Crippen LogP contribution in [0.3, 0.4) is 0 Å². The van der Waals surface area contributed by atoms with Crippen molar-refractivity contribution < 1.29 is 9.59 Å². The van der Waals surface area contributed by atoms with Gasteiger partial charge in [-0.15, -0.1) is 11.3 Å². The van der Waals surface area contributed by atoms with E-state index in [2.05, 4.69) is 5.32 Å². The van der Waals surface area contributed by atoms with Gasteiger partial charge in [-0.25, -0.2) is 0 Å². The van der Waals surface area contributed by atoms with Crippen LogP contribution in [0.25, 0.3) is 6.08 Å². The molecule has 2 aromatic rings. The van der Waals surface area contributed by atoms with Crippen LogP contribution in [0.15, 0.2) is 40.6 Å². The second kappa shape index (κ2) is 7.88. The van der Waals surface area contributed by atoms with Gasteiger partial charge < -0.3 is 5.32 Å². The van der Waals surface area contributed by atoms with Gasteiger partial charge in [0, 0.05) is 4.88 Å². The Kier molecular flexibility index (Phi) is 5.81. The van der Waals surface area contributed by atoms with Gasteiger partial charge in [-0.05, 0) is 29.7 Å². The number of hydrogen-bond donors (Lipinski definition) is 1. The Morgan fingerprint density at radius 1 is 1.28 bits per heavy atom. The Balaban J connectivity index is 1.70. The predicted octanol–water partition coefficient (Wildman–Crippen LogP) is 4.89. The molecule has 0 unspecified atom stereocenters. The Morgan fingerprint density at radius 2 is 2.08 bits per heavy atom. The number of benzene rings is 1. The maximum atomic E-state index is 12.5. The van der Waals surface area contributed by atoms with E-state index in [4.69, 9.17) is 35.4 Å². The first-order valence-electron chi connectivity index (χ1n) is 6.98. The lowest BCUT2D eigenvalue weighted by atomic mass is 10.3. The molecule has 1 aromatic heterocycles. The van der Waals surface area contributed by atoms with E-state index in [0.29, 0.717) is 19.9 Å². The van der Waals surface area contributed by atoms with Crippen LogP contribution in [0.5, 0.6) is 0 Å². The Bertz CT molecular complexity index is 882. The molecule has 0 bridgehead atoms. The van der Waals surface area contributed by atoms with Gasteiger partial charge in [0.15, 0.2) is 0 Å². The summed E-state index contributed by atoms with van der Waals surface area (Å²) in [5.41, 5.74) is 0.388. The van der Waals surface area contributed by atoms with Crippen molar-refractivity contribution in [2.45, 2.75) is 0 Å². The third-order valence-corrected chi connectivity index (χ3v) is 6.23. The zero-order valence-electron chi connectivity index (χ0n) is 12.5. The van der Waals surface area contributed by atoms with Crippen molar-refractivity contribution in [2.24, 2.45) is 0 Å². The molecule has 1 N–H and O–H groups in total. The van der Waals surface area contributed by atoms with Gasteiger partial charge in [0.05, 0.1) is 20.6 Å². The second-order valence-corrected chi connectivity index (χ2v) is 8.37. The first-order chi connectivity index (χ1) is 12.0. The summed E-state index contributed by atoms with van der Waals surface area (Å²) in [5.74, 6) is -0.686. The highest BCUT2D eigenvalue weighted by molar-refractivity contribution is 8.26. The number of thiocarbonyl (C=S) groups is 1. The molecule has 0 radical (unpaired) electrons. The van der Waals surface area contributed by atoms with Gasteiger partial charge in [-0.3, -0.25) is 14.5 Å². The van der Waals surface area contributed by atoms with Crippen LogP contribution in [0, 0.1) is 0 Å². The summed E-state index contributed by atoms with van der Waals surface area (Å²) in [4.78, 5) is 27.5. The van der Waals surface area contributed by atoms with Crippen molar-refractivity contribution in [2.75, 3.05) is 11.9 Å². The molecule has 3 rings (SSSR count). The maximum absolute atomic E-state index is 12.5. The van der Waals surface area contributed by atoms with Crippen molar-refractivity contribution in [1.29, 1.82) is 0 Å². The molecular formula is C16H10Cl2N2O2S3. The van der Waals surface area contributed by atoms with E-state index >= 15 is 0 Å². The first-order valence-corrected chi connectivity index (χ1v) is 9.84. The SMILES string of the molecule is O=C(CN1C(=O)/C(=C/c2cccs2)SC1=S)Nc1cccc(Cl)c1Cl. The fourth-order valence-corrected chi connectivity index (χ4v) is 4.40. The normalized spacial score (nSPS) is 15.9. The molecule has 2 heterocycles. The third kappa shape index (κ3) is 4.24. The number of halogens is 2. The average Bonchev–Trinajstić information content (AvgIpc) is 3.16. The van der Waals surface area contributed by atoms with E-state index in [-0.39, 0.29) is 17.5 Å². The highest BCUT2D eigenvalue weighted by atomic mass is 35.5. The number of nitrogens with zero attached hydrogens (tertiary/aromatic N) is 1. The van der Waals surface area contributed by atoms with Gasteiger partial charge in [-0.2, -0.15) is 0 Å². The summed E-state index contributed by atoms with van der Waals surface area (Å²) in [6.07, 6.45) is 1.77. The van der Waals surface area contributed by atoms with Crippen molar-refractivity contribution in [3.05, 3.63) is 55.5 Å². The Morgan fingerprint density at radius 3 is 2.80 bits per heavy atom. The number of rotatable bonds is 4. The molecule has 25 heavy (non-hydrogen) atoms. The Labute approximate surface area is 167 Å². The highest BCUT2D eigenvalue weighted by Gasteiger charge is 2.33. The van der Waals surface area contributed by atoms with E-state index < -0.39 is 5.91 Å². The fourth-order valence-electron chi connectivity index (χ4n) is 2.07. The van der Waals surface area contributed by atoms with Crippen molar-refractivity contribution >= 4 is 86.4 Å². The van der Waals surface area contributed by atoms with Crippen molar-refractivity contribution in [1.82, 2.24) is 4.90 Å². The van der Waals surface area contributed by atoms with E-state index in [1.165, 1.54) is 28.0 Å². The van der Waals surface area contributed by atoms with E-state index in [1.54, 1.807) is 24.3 Å². The minimum Gasteiger partial charge on any atom is -0.323 e. The average molecular weight is 429 g/mol. The fraction of sp³-hybridized carbons (Fsp3) is 0.0625. The topological polar surface area (TPSA) is 49.4 Å². The molecule has 1 aromatic carbocycles. The first kappa shape index (κ1) is 18.4. The predicted molar refractivity (Wildman–Crippen MR) is 109 cm³/mol. The number of hydrogen-bond acceptors (Lipinski definition) is 5. The molecule has 4 nitrogen and oxygen atoms in total. The molecule has 0 atom stereocenters. The standard InChI is InChI=1S/C16H10Cl2N2O2S3/c17-10-4-1-5-11(14(10)18)19-13(21)8-20-15(22)12(25-16(20)23)7-9-3-2-6-24-9/h1-7H,8H2,(H,19,21)/b12-7-. The van der Waals surface area contributed by atoms with E-state index in [1.807, 2.05) is 17.5 Å². The third-order valence-electron chi connectivity index (χ3n) is 3.22. The van der Waals surface area contributed by atoms with Gasteiger partial charge in [-0.1, -0.05) is 59.3 Å². The van der Waals surface area contributed by atoms with Crippen LogP contribution in [-0.2, 0) is 9.59 Å². The molecule has 0 saturated carbocycles. The van der Waals surface area contributed by atoms with Crippen LogP contribution in [0.1, 0.15) is 4.88 Å². The van der Waals surface area contributed by atoms with Gasteiger partial charge in [0.1, 0.15) is 10.9 Å². The lowest BCUT2D eigenvalue weighted by Crippen LogP contribution is -2.36. The molecule has 2 amide bonds. The van der Waals surface area contributed by atoms with E-state index in [9.17, 15) is 9.59 Å². The van der Waals surface area contributed by atoms with Crippen LogP contribution in [0.4, 0.5) is 5.69 Å². The maximum Gasteiger partial charge on any atom is 0.266 e. The monoisotopic (exact) mass is 428 g/mol. The smallest absolute Gasteiger partial charge is 0.266 e. The molecule has 9 heteroatoms.